The Morgan fingerprint density at radius 2 is 1.81 bits per heavy atom. The summed E-state index contributed by atoms with van der Waals surface area (Å²) in [6.07, 6.45) is 2.92. The molecule has 0 heterocycles. The summed E-state index contributed by atoms with van der Waals surface area (Å²) in [4.78, 5) is 13.7. The van der Waals surface area contributed by atoms with Crippen molar-refractivity contribution in [2.45, 2.75) is 26.0 Å². The number of hydrogen-bond acceptors (Lipinski definition) is 4. The summed E-state index contributed by atoms with van der Waals surface area (Å²) in [5.41, 5.74) is 1.84. The van der Waals surface area contributed by atoms with Crippen LogP contribution in [0.1, 0.15) is 37.1 Å². The van der Waals surface area contributed by atoms with Crippen molar-refractivity contribution in [1.82, 2.24) is 0 Å². The van der Waals surface area contributed by atoms with Crippen LogP contribution in [0.3, 0.4) is 0 Å². The maximum absolute atomic E-state index is 10.1. The van der Waals surface area contributed by atoms with Gasteiger partial charge >= 0.3 is 0 Å². The predicted molar refractivity (Wildman–Crippen MR) is 58.1 cm³/mol. The Hall–Kier alpha value is -2.11. The van der Waals surface area contributed by atoms with Gasteiger partial charge in [0.05, 0.1) is 6.04 Å². The van der Waals surface area contributed by atoms with Gasteiger partial charge < -0.3 is 4.74 Å². The first kappa shape index (κ1) is 12.0. The Bertz CT molecular complexity index is 427. The van der Waals surface area contributed by atoms with Gasteiger partial charge in [-0.25, -0.2) is 4.79 Å². The topological polar surface area (TPSA) is 62.4 Å². The zero-order chi connectivity index (χ0) is 12.0. The van der Waals surface area contributed by atoms with Crippen molar-refractivity contribution in [2.75, 3.05) is 0 Å². The maximum atomic E-state index is 10.1. The van der Waals surface area contributed by atoms with Gasteiger partial charge in [0.25, 0.3) is 6.26 Å². The Morgan fingerprint density at radius 3 is 2.31 bits per heavy atom. The van der Waals surface area contributed by atoms with Crippen molar-refractivity contribution in [3.8, 4) is 6.26 Å². The third-order valence-electron chi connectivity index (χ3n) is 2.36. The van der Waals surface area contributed by atoms with Crippen LogP contribution >= 0.6 is 0 Å². The lowest BCUT2D eigenvalue weighted by Gasteiger charge is -2.10. The van der Waals surface area contributed by atoms with Crippen LogP contribution in [0, 0.1) is 11.5 Å². The number of nitriles is 1. The Balaban J connectivity index is 2.83. The van der Waals surface area contributed by atoms with Gasteiger partial charge in [-0.1, -0.05) is 24.3 Å². The minimum absolute atomic E-state index is 0.196. The summed E-state index contributed by atoms with van der Waals surface area (Å²) >= 11 is 0. The smallest absolute Gasteiger partial charge is 0.286 e. The van der Waals surface area contributed by atoms with E-state index in [1.807, 2.05) is 31.2 Å². The van der Waals surface area contributed by atoms with Crippen LogP contribution in [-0.2, 0) is 9.53 Å². The van der Waals surface area contributed by atoms with E-state index in [2.05, 4.69) is 4.99 Å². The maximum Gasteiger partial charge on any atom is 0.286 e. The molecule has 0 amide bonds. The molecule has 0 bridgehead atoms. The molecule has 0 aromatic heterocycles. The number of isocyanates is 1. The molecule has 16 heavy (non-hydrogen) atoms. The molecule has 1 aromatic rings. The van der Waals surface area contributed by atoms with Crippen molar-refractivity contribution >= 4 is 6.08 Å². The Morgan fingerprint density at radius 1 is 1.25 bits per heavy atom. The zero-order valence-corrected chi connectivity index (χ0v) is 9.18. The second kappa shape index (κ2) is 5.69. The van der Waals surface area contributed by atoms with Crippen LogP contribution in [0.5, 0.6) is 0 Å². The third-order valence-corrected chi connectivity index (χ3v) is 2.36. The first-order valence-corrected chi connectivity index (χ1v) is 4.90. The number of nitrogens with zero attached hydrogens (tertiary/aromatic N) is 2. The molecule has 2 unspecified atom stereocenters. The largest absolute Gasteiger partial charge is 0.420 e. The predicted octanol–water partition coefficient (Wildman–Crippen LogP) is 2.64. The highest BCUT2D eigenvalue weighted by molar-refractivity contribution is 5.35. The van der Waals surface area contributed by atoms with Crippen molar-refractivity contribution in [3.05, 3.63) is 35.4 Å². The number of benzene rings is 1. The van der Waals surface area contributed by atoms with Crippen molar-refractivity contribution in [1.29, 1.82) is 5.26 Å². The molecule has 0 aliphatic heterocycles. The summed E-state index contributed by atoms with van der Waals surface area (Å²) in [7, 11) is 0. The minimum atomic E-state index is -0.260. The molecule has 1 rings (SSSR count). The summed E-state index contributed by atoms with van der Waals surface area (Å²) < 4.78 is 4.80. The van der Waals surface area contributed by atoms with E-state index >= 15 is 0 Å². The molecule has 0 spiro atoms. The minimum Gasteiger partial charge on any atom is -0.420 e. The number of aliphatic imine (C=N–C) groups is 1. The number of rotatable bonds is 4. The van der Waals surface area contributed by atoms with Crippen LogP contribution in [-0.4, -0.2) is 6.08 Å². The van der Waals surface area contributed by atoms with E-state index in [1.54, 1.807) is 13.2 Å². The summed E-state index contributed by atoms with van der Waals surface area (Å²) in [6, 6.07) is 7.23. The lowest BCUT2D eigenvalue weighted by molar-refractivity contribution is 0.182. The average molecular weight is 216 g/mol. The fourth-order valence-electron chi connectivity index (χ4n) is 1.35. The van der Waals surface area contributed by atoms with E-state index in [0.717, 1.165) is 11.1 Å². The molecule has 0 aliphatic carbocycles. The molecule has 0 saturated carbocycles. The van der Waals surface area contributed by atoms with Gasteiger partial charge in [-0.15, -0.1) is 0 Å². The van der Waals surface area contributed by atoms with Crippen LogP contribution in [0.15, 0.2) is 29.3 Å². The standard InChI is InChI=1S/C12H12N2O2/c1-9(14-8-15)11-3-5-12(6-4-11)10(2)16-7-13/h3-6,9-10H,1-2H3. The molecule has 4 heteroatoms. The fourth-order valence-corrected chi connectivity index (χ4v) is 1.35. The third kappa shape index (κ3) is 2.94. The molecule has 1 aromatic carbocycles. The molecule has 0 radical (unpaired) electrons. The fraction of sp³-hybridized carbons (Fsp3) is 0.333. The van der Waals surface area contributed by atoms with Gasteiger partial charge in [0, 0.05) is 0 Å². The van der Waals surface area contributed by atoms with Crippen molar-refractivity contribution < 1.29 is 9.53 Å². The van der Waals surface area contributed by atoms with E-state index in [4.69, 9.17) is 10.00 Å². The molecule has 0 saturated heterocycles. The second-order valence-corrected chi connectivity index (χ2v) is 3.41. The number of ether oxygens (including phenoxy) is 1. The van der Waals surface area contributed by atoms with E-state index in [0.29, 0.717) is 0 Å². The quantitative estimate of drug-likeness (QED) is 0.441. The van der Waals surface area contributed by atoms with Gasteiger partial charge in [0.15, 0.2) is 0 Å². The van der Waals surface area contributed by atoms with Gasteiger partial charge in [-0.3, -0.25) is 0 Å². The van der Waals surface area contributed by atoms with Gasteiger partial charge in [0.2, 0.25) is 6.08 Å². The van der Waals surface area contributed by atoms with Gasteiger partial charge in [-0.05, 0) is 25.0 Å². The highest BCUT2D eigenvalue weighted by Gasteiger charge is 2.07. The van der Waals surface area contributed by atoms with Gasteiger partial charge in [-0.2, -0.15) is 10.3 Å². The first-order valence-electron chi connectivity index (χ1n) is 4.90. The number of hydrogen-bond donors (Lipinski definition) is 0. The zero-order valence-electron chi connectivity index (χ0n) is 9.18. The normalized spacial score (nSPS) is 13.1. The SMILES string of the molecule is CC(N=C=O)c1ccc(C(C)OC#N)cc1. The molecule has 4 nitrogen and oxygen atoms in total. The molecule has 0 aliphatic rings. The molecular formula is C12H12N2O2. The Kier molecular flexibility index (Phi) is 4.26. The van der Waals surface area contributed by atoms with Crippen molar-refractivity contribution in [3.63, 3.8) is 0 Å². The molecule has 82 valence electrons. The molecule has 2 atom stereocenters. The summed E-state index contributed by atoms with van der Waals surface area (Å²) in [5.74, 6) is 0. The monoisotopic (exact) mass is 216 g/mol. The van der Waals surface area contributed by atoms with E-state index in [9.17, 15) is 4.79 Å². The highest BCUT2D eigenvalue weighted by Crippen LogP contribution is 2.21. The summed E-state index contributed by atoms with van der Waals surface area (Å²) in [6.45, 7) is 3.61. The average Bonchev–Trinajstić information content (AvgIpc) is 2.30. The number of carbonyl (C=O) groups excluding carboxylic acids is 1. The van der Waals surface area contributed by atoms with Crippen LogP contribution in [0.25, 0.3) is 0 Å². The van der Waals surface area contributed by atoms with Crippen LogP contribution < -0.4 is 0 Å². The highest BCUT2D eigenvalue weighted by atomic mass is 16.5. The van der Waals surface area contributed by atoms with E-state index in [1.165, 1.54) is 6.08 Å². The van der Waals surface area contributed by atoms with Gasteiger partial charge in [0.1, 0.15) is 6.10 Å². The molecule has 0 N–H and O–H groups in total. The van der Waals surface area contributed by atoms with E-state index < -0.39 is 0 Å². The van der Waals surface area contributed by atoms with Crippen LogP contribution in [0.4, 0.5) is 0 Å². The molecule has 0 fully saturated rings. The van der Waals surface area contributed by atoms with Crippen LogP contribution in [0.2, 0.25) is 0 Å². The lowest BCUT2D eigenvalue weighted by atomic mass is 10.0. The molecular weight excluding hydrogens is 204 g/mol. The van der Waals surface area contributed by atoms with Crippen molar-refractivity contribution in [2.24, 2.45) is 4.99 Å². The second-order valence-electron chi connectivity index (χ2n) is 3.41. The lowest BCUT2D eigenvalue weighted by Crippen LogP contribution is -1.96. The first-order chi connectivity index (χ1) is 7.69. The van der Waals surface area contributed by atoms with E-state index in [-0.39, 0.29) is 12.1 Å². The summed E-state index contributed by atoms with van der Waals surface area (Å²) in [5, 5.41) is 8.38. The Labute approximate surface area is 94.2 Å².